The second kappa shape index (κ2) is 6.02. The second-order valence-corrected chi connectivity index (χ2v) is 7.03. The summed E-state index contributed by atoms with van der Waals surface area (Å²) < 4.78 is 1.91. The van der Waals surface area contributed by atoms with E-state index in [0.717, 1.165) is 12.2 Å². The average molecular weight is 305 g/mol. The van der Waals surface area contributed by atoms with Crippen molar-refractivity contribution in [3.63, 3.8) is 0 Å². The van der Waals surface area contributed by atoms with E-state index >= 15 is 0 Å². The third-order valence-electron chi connectivity index (χ3n) is 3.71. The van der Waals surface area contributed by atoms with Gasteiger partial charge in [0.15, 0.2) is 5.69 Å². The van der Waals surface area contributed by atoms with E-state index in [1.54, 1.807) is 16.2 Å². The zero-order chi connectivity index (χ0) is 15.7. The Labute approximate surface area is 130 Å². The molecule has 1 amide bonds. The van der Waals surface area contributed by atoms with Crippen molar-refractivity contribution in [3.8, 4) is 11.3 Å². The maximum atomic E-state index is 12.4. The van der Waals surface area contributed by atoms with E-state index < -0.39 is 0 Å². The van der Waals surface area contributed by atoms with Gasteiger partial charge < -0.3 is 4.90 Å². The van der Waals surface area contributed by atoms with Gasteiger partial charge in [0.25, 0.3) is 5.91 Å². The van der Waals surface area contributed by atoms with Gasteiger partial charge in [-0.1, -0.05) is 0 Å². The lowest BCUT2D eigenvalue weighted by Gasteiger charge is -2.19. The van der Waals surface area contributed by atoms with Crippen molar-refractivity contribution in [2.75, 3.05) is 7.05 Å². The molecular formula is C16H23N3OS. The lowest BCUT2D eigenvalue weighted by molar-refractivity contribution is 0.0748. The number of thiophene rings is 1. The van der Waals surface area contributed by atoms with Gasteiger partial charge in [-0.3, -0.25) is 9.48 Å². The second-order valence-electron chi connectivity index (χ2n) is 5.57. The zero-order valence-electron chi connectivity index (χ0n) is 13.6. The molecule has 0 atom stereocenters. The quantitative estimate of drug-likeness (QED) is 0.863. The van der Waals surface area contributed by atoms with E-state index in [-0.39, 0.29) is 11.9 Å². The van der Waals surface area contributed by atoms with Crippen LogP contribution in [0.3, 0.4) is 0 Å². The molecular weight excluding hydrogens is 282 g/mol. The molecule has 0 saturated heterocycles. The summed E-state index contributed by atoms with van der Waals surface area (Å²) >= 11 is 1.78. The molecule has 2 aromatic heterocycles. The SMILES string of the molecule is CCn1nc(C(=O)N(C)C(C)C)cc1-c1cc(C)sc1C. The Bertz CT molecular complexity index is 655. The number of hydrogen-bond donors (Lipinski definition) is 0. The minimum absolute atomic E-state index is 0.0249. The first-order chi connectivity index (χ1) is 9.85. The number of amides is 1. The summed E-state index contributed by atoms with van der Waals surface area (Å²) in [7, 11) is 1.82. The van der Waals surface area contributed by atoms with E-state index in [0.29, 0.717) is 5.69 Å². The normalized spacial score (nSPS) is 11.2. The summed E-state index contributed by atoms with van der Waals surface area (Å²) in [6, 6.07) is 4.25. The van der Waals surface area contributed by atoms with Gasteiger partial charge in [0.2, 0.25) is 0 Å². The van der Waals surface area contributed by atoms with Gasteiger partial charge in [-0.2, -0.15) is 5.10 Å². The van der Waals surface area contributed by atoms with Gasteiger partial charge in [0, 0.05) is 35.0 Å². The highest BCUT2D eigenvalue weighted by Gasteiger charge is 2.21. The molecule has 0 spiro atoms. The number of rotatable bonds is 4. The zero-order valence-corrected chi connectivity index (χ0v) is 14.4. The molecule has 0 aliphatic rings. The molecule has 0 aliphatic carbocycles. The molecule has 0 radical (unpaired) electrons. The van der Waals surface area contributed by atoms with Gasteiger partial charge in [-0.15, -0.1) is 11.3 Å². The molecule has 0 aliphatic heterocycles. The third-order valence-corrected chi connectivity index (χ3v) is 4.68. The third kappa shape index (κ3) is 3.02. The lowest BCUT2D eigenvalue weighted by atomic mass is 10.1. The van der Waals surface area contributed by atoms with Crippen molar-refractivity contribution >= 4 is 17.2 Å². The molecule has 0 N–H and O–H groups in total. The minimum atomic E-state index is -0.0249. The topological polar surface area (TPSA) is 38.1 Å². The molecule has 0 saturated carbocycles. The van der Waals surface area contributed by atoms with Crippen LogP contribution in [0.25, 0.3) is 11.3 Å². The van der Waals surface area contributed by atoms with Crippen LogP contribution in [-0.2, 0) is 6.54 Å². The lowest BCUT2D eigenvalue weighted by Crippen LogP contribution is -2.33. The van der Waals surface area contributed by atoms with Crippen molar-refractivity contribution in [1.82, 2.24) is 14.7 Å². The van der Waals surface area contributed by atoms with Crippen LogP contribution < -0.4 is 0 Å². The summed E-state index contributed by atoms with van der Waals surface area (Å²) in [5, 5.41) is 4.49. The van der Waals surface area contributed by atoms with Gasteiger partial charge in [-0.05, 0) is 46.8 Å². The first kappa shape index (κ1) is 15.8. The van der Waals surface area contributed by atoms with Crippen LogP contribution in [0, 0.1) is 13.8 Å². The predicted octanol–water partition coefficient (Wildman–Crippen LogP) is 3.73. The Balaban J connectivity index is 2.45. The number of hydrogen-bond acceptors (Lipinski definition) is 3. The highest BCUT2D eigenvalue weighted by Crippen LogP contribution is 2.31. The summed E-state index contributed by atoms with van der Waals surface area (Å²) in [5.41, 5.74) is 2.73. The van der Waals surface area contributed by atoms with Crippen LogP contribution in [0.5, 0.6) is 0 Å². The fourth-order valence-electron chi connectivity index (χ4n) is 2.28. The molecule has 2 aromatic rings. The summed E-state index contributed by atoms with van der Waals surface area (Å²) in [4.78, 5) is 16.7. The van der Waals surface area contributed by atoms with Gasteiger partial charge in [0.05, 0.1) is 5.69 Å². The van der Waals surface area contributed by atoms with E-state index in [1.807, 2.05) is 38.6 Å². The van der Waals surface area contributed by atoms with E-state index in [1.165, 1.54) is 15.3 Å². The van der Waals surface area contributed by atoms with Crippen LogP contribution in [0.1, 0.15) is 41.0 Å². The minimum Gasteiger partial charge on any atom is -0.338 e. The van der Waals surface area contributed by atoms with Crippen LogP contribution in [0.2, 0.25) is 0 Å². The first-order valence-electron chi connectivity index (χ1n) is 7.27. The maximum absolute atomic E-state index is 12.4. The summed E-state index contributed by atoms with van der Waals surface area (Å²) in [6.45, 7) is 11.0. The van der Waals surface area contributed by atoms with Gasteiger partial charge in [0.1, 0.15) is 0 Å². The molecule has 21 heavy (non-hydrogen) atoms. The summed E-state index contributed by atoms with van der Waals surface area (Å²) in [6.07, 6.45) is 0. The Kier molecular flexibility index (Phi) is 4.52. The maximum Gasteiger partial charge on any atom is 0.274 e. The predicted molar refractivity (Wildman–Crippen MR) is 87.9 cm³/mol. The van der Waals surface area contributed by atoms with Gasteiger partial charge in [-0.25, -0.2) is 0 Å². The molecule has 0 bridgehead atoms. The van der Waals surface area contributed by atoms with Crippen molar-refractivity contribution in [2.45, 2.75) is 47.2 Å². The molecule has 0 unspecified atom stereocenters. The molecule has 0 fully saturated rings. The fourth-order valence-corrected chi connectivity index (χ4v) is 3.21. The highest BCUT2D eigenvalue weighted by molar-refractivity contribution is 7.12. The molecule has 2 rings (SSSR count). The van der Waals surface area contributed by atoms with E-state index in [4.69, 9.17) is 0 Å². The fraction of sp³-hybridized carbons (Fsp3) is 0.500. The van der Waals surface area contributed by atoms with Gasteiger partial charge >= 0.3 is 0 Å². The number of aryl methyl sites for hydroxylation is 3. The average Bonchev–Trinajstić information content (AvgIpc) is 2.99. The van der Waals surface area contributed by atoms with Crippen molar-refractivity contribution in [3.05, 3.63) is 27.6 Å². The Morgan fingerprint density at radius 1 is 1.38 bits per heavy atom. The molecule has 4 nitrogen and oxygen atoms in total. The van der Waals surface area contributed by atoms with Crippen LogP contribution >= 0.6 is 11.3 Å². The number of aromatic nitrogens is 2. The van der Waals surface area contributed by atoms with Crippen LogP contribution in [-0.4, -0.2) is 33.7 Å². The number of nitrogens with zero attached hydrogens (tertiary/aromatic N) is 3. The number of carbonyl (C=O) groups is 1. The standard InChI is InChI=1S/C16H23N3OS/c1-7-19-15(13-8-11(4)21-12(13)5)9-14(17-19)16(20)18(6)10(2)3/h8-10H,7H2,1-6H3. The molecule has 114 valence electrons. The van der Waals surface area contributed by atoms with Crippen molar-refractivity contribution < 1.29 is 4.79 Å². The Morgan fingerprint density at radius 3 is 2.52 bits per heavy atom. The molecule has 0 aromatic carbocycles. The molecule has 2 heterocycles. The van der Waals surface area contributed by atoms with Crippen molar-refractivity contribution in [1.29, 1.82) is 0 Å². The summed E-state index contributed by atoms with van der Waals surface area (Å²) in [5.74, 6) is -0.0249. The Morgan fingerprint density at radius 2 is 2.05 bits per heavy atom. The largest absolute Gasteiger partial charge is 0.338 e. The smallest absolute Gasteiger partial charge is 0.274 e. The highest BCUT2D eigenvalue weighted by atomic mass is 32.1. The van der Waals surface area contributed by atoms with E-state index in [2.05, 4.69) is 25.0 Å². The number of carbonyl (C=O) groups excluding carboxylic acids is 1. The molecule has 5 heteroatoms. The monoisotopic (exact) mass is 305 g/mol. The first-order valence-corrected chi connectivity index (χ1v) is 8.09. The van der Waals surface area contributed by atoms with Crippen LogP contribution in [0.15, 0.2) is 12.1 Å². The van der Waals surface area contributed by atoms with E-state index in [9.17, 15) is 4.79 Å². The van der Waals surface area contributed by atoms with Crippen LogP contribution in [0.4, 0.5) is 0 Å². The van der Waals surface area contributed by atoms with Crippen molar-refractivity contribution in [2.24, 2.45) is 0 Å². The Hall–Kier alpha value is -1.62.